The number of aliphatic hydroxyl groups excluding tert-OH is 1. The molecule has 31 heavy (non-hydrogen) atoms. The minimum absolute atomic E-state index is 0.0887. The number of ether oxygens (including phenoxy) is 7. The Morgan fingerprint density at radius 2 is 1.97 bits per heavy atom. The lowest BCUT2D eigenvalue weighted by molar-refractivity contribution is -0.349. The molecule has 0 aliphatic carbocycles. The molecular formula is C22H40O9. The molecule has 1 saturated heterocycles. The molecule has 1 rings (SSSR count). The lowest BCUT2D eigenvalue weighted by Gasteiger charge is -2.53. The number of rotatable bonds is 14. The first kappa shape index (κ1) is 28.0. The predicted octanol–water partition coefficient (Wildman–Crippen LogP) is 2.05. The molecule has 0 spiro atoms. The molecule has 1 heterocycles. The van der Waals surface area contributed by atoms with Crippen molar-refractivity contribution in [2.75, 3.05) is 42.3 Å². The van der Waals surface area contributed by atoms with Gasteiger partial charge in [-0.15, -0.1) is 6.58 Å². The monoisotopic (exact) mass is 448 g/mol. The van der Waals surface area contributed by atoms with Crippen LogP contribution < -0.4 is 0 Å². The van der Waals surface area contributed by atoms with Gasteiger partial charge in [-0.05, 0) is 6.42 Å². The van der Waals surface area contributed by atoms with E-state index in [0.29, 0.717) is 25.7 Å². The van der Waals surface area contributed by atoms with Crippen LogP contribution in [0, 0.1) is 5.41 Å². The Morgan fingerprint density at radius 3 is 2.45 bits per heavy atom. The SMILES string of the molecule is C=CC[C@H](O)C(C)(C)[C@]1(OC)C[C@H](OC)C[C@H](C[C@@H](OC)[C@H](OCOC)C(=O)OC)O1. The van der Waals surface area contributed by atoms with Crippen molar-refractivity contribution < 1.29 is 43.1 Å². The highest BCUT2D eigenvalue weighted by Crippen LogP contribution is 2.47. The summed E-state index contributed by atoms with van der Waals surface area (Å²) in [6, 6.07) is 0. The molecular weight excluding hydrogens is 408 g/mol. The van der Waals surface area contributed by atoms with Gasteiger partial charge >= 0.3 is 5.97 Å². The average Bonchev–Trinajstić information content (AvgIpc) is 2.77. The molecule has 182 valence electrons. The zero-order chi connectivity index (χ0) is 23.7. The number of esters is 1. The van der Waals surface area contributed by atoms with Crippen LogP contribution in [0.4, 0.5) is 0 Å². The first-order chi connectivity index (χ1) is 14.7. The summed E-state index contributed by atoms with van der Waals surface area (Å²) >= 11 is 0. The minimum atomic E-state index is -1.12. The van der Waals surface area contributed by atoms with Crippen molar-refractivity contribution in [1.82, 2.24) is 0 Å². The topological polar surface area (TPSA) is 102 Å². The largest absolute Gasteiger partial charge is 0.467 e. The highest BCUT2D eigenvalue weighted by atomic mass is 16.7. The third kappa shape index (κ3) is 6.71. The number of hydrogen-bond donors (Lipinski definition) is 1. The number of aliphatic hydroxyl groups is 1. The van der Waals surface area contributed by atoms with Crippen LogP contribution in [0.1, 0.15) is 39.5 Å². The van der Waals surface area contributed by atoms with Crippen molar-refractivity contribution in [3.05, 3.63) is 12.7 Å². The van der Waals surface area contributed by atoms with Gasteiger partial charge in [0.1, 0.15) is 6.79 Å². The molecule has 9 heteroatoms. The summed E-state index contributed by atoms with van der Waals surface area (Å²) in [5, 5.41) is 10.8. The molecule has 0 radical (unpaired) electrons. The Morgan fingerprint density at radius 1 is 1.29 bits per heavy atom. The van der Waals surface area contributed by atoms with E-state index in [1.807, 2.05) is 13.8 Å². The van der Waals surface area contributed by atoms with E-state index in [-0.39, 0.29) is 12.9 Å². The summed E-state index contributed by atoms with van der Waals surface area (Å²) in [6.07, 6.45) is 0.421. The summed E-state index contributed by atoms with van der Waals surface area (Å²) in [4.78, 5) is 12.3. The van der Waals surface area contributed by atoms with Crippen molar-refractivity contribution >= 4 is 5.97 Å². The van der Waals surface area contributed by atoms with Crippen LogP contribution in [-0.4, -0.2) is 89.7 Å². The van der Waals surface area contributed by atoms with E-state index in [0.717, 1.165) is 0 Å². The zero-order valence-corrected chi connectivity index (χ0v) is 19.9. The molecule has 0 aromatic rings. The van der Waals surface area contributed by atoms with Gasteiger partial charge < -0.3 is 38.3 Å². The molecule has 0 saturated carbocycles. The van der Waals surface area contributed by atoms with Gasteiger partial charge in [0.05, 0.1) is 31.5 Å². The molecule has 6 atom stereocenters. The third-order valence-corrected chi connectivity index (χ3v) is 6.18. The fourth-order valence-electron chi connectivity index (χ4n) is 4.07. The first-order valence-corrected chi connectivity index (χ1v) is 10.4. The van der Waals surface area contributed by atoms with E-state index in [1.54, 1.807) is 20.3 Å². The second kappa shape index (κ2) is 12.8. The smallest absolute Gasteiger partial charge is 0.337 e. The second-order valence-corrected chi connectivity index (χ2v) is 8.28. The summed E-state index contributed by atoms with van der Waals surface area (Å²) in [5.41, 5.74) is -0.776. The van der Waals surface area contributed by atoms with Gasteiger partial charge in [0.2, 0.25) is 0 Å². The number of methoxy groups -OCH3 is 5. The Hall–Kier alpha value is -1.07. The molecule has 0 aromatic heterocycles. The molecule has 0 aromatic carbocycles. The summed E-state index contributed by atoms with van der Waals surface area (Å²) in [5.74, 6) is -1.69. The fourth-order valence-corrected chi connectivity index (χ4v) is 4.07. The number of hydrogen-bond acceptors (Lipinski definition) is 9. The Balaban J connectivity index is 3.17. The quantitative estimate of drug-likeness (QED) is 0.243. The van der Waals surface area contributed by atoms with Crippen molar-refractivity contribution in [1.29, 1.82) is 0 Å². The lowest BCUT2D eigenvalue weighted by atomic mass is 9.72. The van der Waals surface area contributed by atoms with Crippen LogP contribution in [0.25, 0.3) is 0 Å². The van der Waals surface area contributed by atoms with Gasteiger partial charge in [-0.3, -0.25) is 0 Å². The fraction of sp³-hybridized carbons (Fsp3) is 0.864. The summed E-state index contributed by atoms with van der Waals surface area (Å²) in [6.45, 7) is 7.42. The van der Waals surface area contributed by atoms with Crippen molar-refractivity contribution in [2.45, 2.75) is 75.8 Å². The molecule has 0 amide bonds. The van der Waals surface area contributed by atoms with Gasteiger partial charge in [0.25, 0.3) is 0 Å². The molecule has 1 fully saturated rings. The van der Waals surface area contributed by atoms with Gasteiger partial charge in [-0.2, -0.15) is 0 Å². The van der Waals surface area contributed by atoms with E-state index in [9.17, 15) is 9.90 Å². The van der Waals surface area contributed by atoms with E-state index in [4.69, 9.17) is 33.2 Å². The van der Waals surface area contributed by atoms with Crippen LogP contribution >= 0.6 is 0 Å². The molecule has 1 aliphatic rings. The van der Waals surface area contributed by atoms with Crippen LogP contribution in [0.3, 0.4) is 0 Å². The number of carbonyl (C=O) groups excluding carboxylic acids is 1. The minimum Gasteiger partial charge on any atom is -0.467 e. The Kier molecular flexibility index (Phi) is 11.6. The molecule has 0 bridgehead atoms. The van der Waals surface area contributed by atoms with Gasteiger partial charge in [-0.1, -0.05) is 19.9 Å². The predicted molar refractivity (Wildman–Crippen MR) is 113 cm³/mol. The van der Waals surface area contributed by atoms with Gasteiger partial charge in [0, 0.05) is 53.1 Å². The van der Waals surface area contributed by atoms with E-state index >= 15 is 0 Å². The van der Waals surface area contributed by atoms with Crippen molar-refractivity contribution in [3.8, 4) is 0 Å². The average molecular weight is 449 g/mol. The van der Waals surface area contributed by atoms with Crippen LogP contribution in [0.15, 0.2) is 12.7 Å². The lowest BCUT2D eigenvalue weighted by Crippen LogP contribution is -2.61. The molecule has 1 N–H and O–H groups in total. The van der Waals surface area contributed by atoms with Crippen LogP contribution in [0.5, 0.6) is 0 Å². The third-order valence-electron chi connectivity index (χ3n) is 6.18. The normalized spacial score (nSPS) is 27.4. The molecule has 9 nitrogen and oxygen atoms in total. The maximum absolute atomic E-state index is 12.3. The Labute approximate surface area is 185 Å². The molecule has 0 unspecified atom stereocenters. The highest BCUT2D eigenvalue weighted by Gasteiger charge is 2.55. The van der Waals surface area contributed by atoms with E-state index in [2.05, 4.69) is 6.58 Å². The van der Waals surface area contributed by atoms with Gasteiger partial charge in [-0.25, -0.2) is 4.79 Å². The maximum atomic E-state index is 12.3. The summed E-state index contributed by atoms with van der Waals surface area (Å²) < 4.78 is 38.9. The maximum Gasteiger partial charge on any atom is 0.337 e. The Bertz CT molecular complexity index is 553. The van der Waals surface area contributed by atoms with E-state index < -0.39 is 41.6 Å². The van der Waals surface area contributed by atoms with Crippen LogP contribution in [0.2, 0.25) is 0 Å². The molecule has 1 aliphatic heterocycles. The van der Waals surface area contributed by atoms with Crippen LogP contribution in [-0.2, 0) is 38.0 Å². The van der Waals surface area contributed by atoms with Gasteiger partial charge in [0.15, 0.2) is 11.9 Å². The van der Waals surface area contributed by atoms with Crippen molar-refractivity contribution in [2.24, 2.45) is 5.41 Å². The van der Waals surface area contributed by atoms with Crippen molar-refractivity contribution in [3.63, 3.8) is 0 Å². The first-order valence-electron chi connectivity index (χ1n) is 10.4. The summed E-state index contributed by atoms with van der Waals surface area (Å²) in [7, 11) is 7.44. The second-order valence-electron chi connectivity index (χ2n) is 8.28. The van der Waals surface area contributed by atoms with E-state index in [1.165, 1.54) is 21.3 Å². The zero-order valence-electron chi connectivity index (χ0n) is 19.9. The number of carbonyl (C=O) groups is 1. The standard InChI is InChI=1S/C22H40O9/c1-9-10-18(23)21(2,3)22(29-8)13-16(26-5)11-15(31-22)12-17(27-6)19(20(24)28-7)30-14-25-4/h9,15-19,23H,1,10-14H2,2-8H3/t15-,16-,17-,18+,19+,22+/m1/s1. The highest BCUT2D eigenvalue weighted by molar-refractivity contribution is 5.75.